The van der Waals surface area contributed by atoms with Crippen molar-refractivity contribution in [1.29, 1.82) is 0 Å². The molecule has 2 amide bonds. The summed E-state index contributed by atoms with van der Waals surface area (Å²) in [5.41, 5.74) is 1.52. The molecule has 2 aromatic heterocycles. The second kappa shape index (κ2) is 10.2. The largest absolute Gasteiger partial charge is 0.462 e. The Hall–Kier alpha value is -2.90. The van der Waals surface area contributed by atoms with Crippen molar-refractivity contribution in [2.45, 2.75) is 18.2 Å². The van der Waals surface area contributed by atoms with E-state index in [0.29, 0.717) is 37.9 Å². The third-order valence-electron chi connectivity index (χ3n) is 3.49. The number of anilines is 2. The van der Waals surface area contributed by atoms with E-state index in [1.54, 1.807) is 38.1 Å². The number of aromatic nitrogens is 4. The van der Waals surface area contributed by atoms with Crippen molar-refractivity contribution in [1.82, 2.24) is 19.8 Å². The van der Waals surface area contributed by atoms with Crippen LogP contribution < -0.4 is 10.6 Å². The number of ether oxygens (including phenoxy) is 1. The highest BCUT2D eigenvalue weighted by Crippen LogP contribution is 2.26. The molecule has 2 N–H and O–H groups in total. The molecule has 1 aromatic carbocycles. The minimum atomic E-state index is -0.410. The molecule has 13 heteroatoms. The van der Waals surface area contributed by atoms with Crippen LogP contribution in [0, 0.1) is 6.92 Å². The van der Waals surface area contributed by atoms with Gasteiger partial charge in [-0.25, -0.2) is 4.79 Å². The van der Waals surface area contributed by atoms with Gasteiger partial charge in [-0.15, -0.1) is 15.3 Å². The predicted octanol–water partition coefficient (Wildman–Crippen LogP) is 2.86. The molecule has 10 nitrogen and oxygen atoms in total. The summed E-state index contributed by atoms with van der Waals surface area (Å²) in [6.07, 6.45) is 0. The first kappa shape index (κ1) is 21.8. The summed E-state index contributed by atoms with van der Waals surface area (Å²) in [5, 5.41) is 17.4. The van der Waals surface area contributed by atoms with Gasteiger partial charge in [0.15, 0.2) is 4.34 Å². The zero-order valence-electron chi connectivity index (χ0n) is 15.9. The van der Waals surface area contributed by atoms with Gasteiger partial charge < -0.3 is 10.1 Å². The first-order chi connectivity index (χ1) is 14.5. The monoisotopic (exact) mass is 464 g/mol. The number of nitrogens with one attached hydrogen (secondary N) is 2. The minimum absolute atomic E-state index is 0.111. The van der Waals surface area contributed by atoms with E-state index >= 15 is 0 Å². The Labute approximate surface area is 183 Å². The maximum atomic E-state index is 12.1. The van der Waals surface area contributed by atoms with Gasteiger partial charge in [-0.1, -0.05) is 27.6 Å². The van der Waals surface area contributed by atoms with Crippen LogP contribution in [0.15, 0.2) is 28.6 Å². The number of esters is 1. The molecule has 0 radical (unpaired) electrons. The topological polar surface area (TPSA) is 136 Å². The van der Waals surface area contributed by atoms with Gasteiger partial charge >= 0.3 is 5.97 Å². The molecule has 0 fully saturated rings. The highest BCUT2D eigenvalue weighted by atomic mass is 32.2. The number of hydrogen-bond acceptors (Lipinski definition) is 11. The lowest BCUT2D eigenvalue weighted by atomic mass is 10.2. The SMILES string of the molecule is CCOC(=O)c1ccc(NC(=O)CSc2nnc(NC(=O)c3snnc3C)s2)cc1. The van der Waals surface area contributed by atoms with Gasteiger partial charge in [-0.3, -0.25) is 14.9 Å². The Morgan fingerprint density at radius 3 is 2.53 bits per heavy atom. The zero-order valence-corrected chi connectivity index (χ0v) is 18.3. The predicted molar refractivity (Wildman–Crippen MR) is 114 cm³/mol. The average molecular weight is 465 g/mol. The van der Waals surface area contributed by atoms with E-state index in [2.05, 4.69) is 30.4 Å². The molecule has 0 saturated heterocycles. The molecule has 0 aliphatic carbocycles. The van der Waals surface area contributed by atoms with E-state index in [1.807, 2.05) is 0 Å². The summed E-state index contributed by atoms with van der Waals surface area (Å²) in [4.78, 5) is 36.3. The fraction of sp³-hybridized carbons (Fsp3) is 0.235. The second-order valence-electron chi connectivity index (χ2n) is 5.65. The highest BCUT2D eigenvalue weighted by Gasteiger charge is 2.16. The average Bonchev–Trinajstić information content (AvgIpc) is 3.36. The molecule has 0 aliphatic rings. The summed E-state index contributed by atoms with van der Waals surface area (Å²) < 4.78 is 9.18. The number of carbonyl (C=O) groups excluding carboxylic acids is 3. The number of aryl methyl sites for hydroxylation is 1. The molecule has 0 aliphatic heterocycles. The van der Waals surface area contributed by atoms with Crippen molar-refractivity contribution in [2.75, 3.05) is 23.0 Å². The van der Waals surface area contributed by atoms with Crippen molar-refractivity contribution in [3.63, 3.8) is 0 Å². The van der Waals surface area contributed by atoms with Crippen LogP contribution in [0.25, 0.3) is 0 Å². The van der Waals surface area contributed by atoms with Crippen molar-refractivity contribution >= 4 is 63.2 Å². The molecular weight excluding hydrogens is 448 g/mol. The number of benzene rings is 1. The minimum Gasteiger partial charge on any atom is -0.462 e. The van der Waals surface area contributed by atoms with E-state index in [1.165, 1.54) is 11.8 Å². The summed E-state index contributed by atoms with van der Waals surface area (Å²) in [5.74, 6) is -0.887. The first-order valence-electron chi connectivity index (χ1n) is 8.60. The molecule has 30 heavy (non-hydrogen) atoms. The van der Waals surface area contributed by atoms with Crippen molar-refractivity contribution in [3.8, 4) is 0 Å². The number of amides is 2. The maximum absolute atomic E-state index is 12.1. The molecule has 0 atom stereocenters. The normalized spacial score (nSPS) is 10.5. The van der Waals surface area contributed by atoms with Gasteiger partial charge in [0, 0.05) is 5.69 Å². The van der Waals surface area contributed by atoms with Gasteiger partial charge in [0.05, 0.1) is 23.6 Å². The van der Waals surface area contributed by atoms with Crippen LogP contribution >= 0.6 is 34.6 Å². The number of rotatable bonds is 8. The Morgan fingerprint density at radius 1 is 1.10 bits per heavy atom. The van der Waals surface area contributed by atoms with Crippen LogP contribution in [0.3, 0.4) is 0 Å². The van der Waals surface area contributed by atoms with Gasteiger partial charge in [0.25, 0.3) is 5.91 Å². The van der Waals surface area contributed by atoms with Gasteiger partial charge in [-0.2, -0.15) is 0 Å². The molecule has 156 valence electrons. The van der Waals surface area contributed by atoms with Crippen LogP contribution in [0.5, 0.6) is 0 Å². The number of nitrogens with zero attached hydrogens (tertiary/aromatic N) is 4. The Balaban J connectivity index is 1.48. The Kier molecular flexibility index (Phi) is 7.43. The zero-order chi connectivity index (χ0) is 21.5. The molecule has 3 aromatic rings. The van der Waals surface area contributed by atoms with E-state index in [4.69, 9.17) is 4.74 Å². The van der Waals surface area contributed by atoms with Crippen LogP contribution in [-0.2, 0) is 9.53 Å². The van der Waals surface area contributed by atoms with E-state index in [9.17, 15) is 14.4 Å². The van der Waals surface area contributed by atoms with Crippen LogP contribution in [0.2, 0.25) is 0 Å². The Bertz CT molecular complexity index is 1050. The lowest BCUT2D eigenvalue weighted by Crippen LogP contribution is -2.14. The third-order valence-corrected chi connectivity index (χ3v) is 6.29. The fourth-order valence-electron chi connectivity index (χ4n) is 2.14. The quantitative estimate of drug-likeness (QED) is 0.293. The fourth-order valence-corrected chi connectivity index (χ4v) is 4.24. The summed E-state index contributed by atoms with van der Waals surface area (Å²) >= 11 is 3.36. The van der Waals surface area contributed by atoms with Crippen LogP contribution in [-0.4, -0.2) is 49.9 Å². The molecule has 0 bridgehead atoms. The highest BCUT2D eigenvalue weighted by molar-refractivity contribution is 8.01. The standard InChI is InChI=1S/C17H16N6O4S3/c1-3-27-15(26)10-4-6-11(7-5-10)18-12(24)8-28-17-22-21-16(29-17)19-14(25)13-9(2)20-23-30-13/h4-7H,3,8H2,1-2H3,(H,18,24)(H,19,21,25). The van der Waals surface area contributed by atoms with E-state index < -0.39 is 5.97 Å². The van der Waals surface area contributed by atoms with Gasteiger partial charge in [0.2, 0.25) is 11.0 Å². The molecule has 0 spiro atoms. The van der Waals surface area contributed by atoms with Crippen molar-refractivity contribution in [3.05, 3.63) is 40.4 Å². The molecule has 0 saturated carbocycles. The number of carbonyl (C=O) groups is 3. The Morgan fingerprint density at radius 2 is 1.87 bits per heavy atom. The molecule has 0 unspecified atom stereocenters. The molecule has 2 heterocycles. The first-order valence-corrected chi connectivity index (χ1v) is 11.2. The van der Waals surface area contributed by atoms with E-state index in [0.717, 1.165) is 22.9 Å². The van der Waals surface area contributed by atoms with Crippen molar-refractivity contribution in [2.24, 2.45) is 0 Å². The maximum Gasteiger partial charge on any atom is 0.338 e. The van der Waals surface area contributed by atoms with E-state index in [-0.39, 0.29) is 17.6 Å². The smallest absolute Gasteiger partial charge is 0.338 e. The summed E-state index contributed by atoms with van der Waals surface area (Å²) in [6.45, 7) is 3.73. The lowest BCUT2D eigenvalue weighted by Gasteiger charge is -2.05. The number of hydrogen-bond donors (Lipinski definition) is 2. The lowest BCUT2D eigenvalue weighted by molar-refractivity contribution is -0.113. The number of thioether (sulfide) groups is 1. The summed E-state index contributed by atoms with van der Waals surface area (Å²) in [7, 11) is 0. The second-order valence-corrected chi connectivity index (χ2v) is 8.60. The third kappa shape index (κ3) is 5.81. The van der Waals surface area contributed by atoms with Crippen LogP contribution in [0.4, 0.5) is 10.8 Å². The van der Waals surface area contributed by atoms with Gasteiger partial charge in [-0.05, 0) is 49.6 Å². The van der Waals surface area contributed by atoms with Crippen molar-refractivity contribution < 1.29 is 19.1 Å². The summed E-state index contributed by atoms with van der Waals surface area (Å²) in [6, 6.07) is 6.43. The van der Waals surface area contributed by atoms with Crippen LogP contribution in [0.1, 0.15) is 32.6 Å². The molecule has 3 rings (SSSR count). The van der Waals surface area contributed by atoms with Gasteiger partial charge in [0.1, 0.15) is 4.88 Å². The molecular formula is C17H16N6O4S3.